The van der Waals surface area contributed by atoms with Crippen LogP contribution in [0.3, 0.4) is 0 Å². The molecular formula is C27H20N4O6. The van der Waals surface area contributed by atoms with Crippen molar-refractivity contribution in [3.05, 3.63) is 107 Å². The number of rotatable bonds is 8. The topological polar surface area (TPSA) is 130 Å². The van der Waals surface area contributed by atoms with Gasteiger partial charge in [-0.15, -0.1) is 0 Å². The van der Waals surface area contributed by atoms with E-state index in [1.54, 1.807) is 54.6 Å². The molecule has 0 fully saturated rings. The summed E-state index contributed by atoms with van der Waals surface area (Å²) in [6.45, 7) is 3.65. The molecular weight excluding hydrogens is 476 g/mol. The number of hydrogen-bond donors (Lipinski definition) is 1. The molecule has 0 saturated carbocycles. The number of carbonyl (C=O) groups excluding carboxylic acids is 1. The normalized spacial score (nSPS) is 10.8. The highest BCUT2D eigenvalue weighted by Crippen LogP contribution is 2.22. The molecule has 0 spiro atoms. The first kappa shape index (κ1) is 23.5. The van der Waals surface area contributed by atoms with E-state index >= 15 is 0 Å². The van der Waals surface area contributed by atoms with Crippen molar-refractivity contribution in [3.63, 3.8) is 0 Å². The second-order valence-corrected chi connectivity index (χ2v) is 7.89. The van der Waals surface area contributed by atoms with Crippen LogP contribution in [0.25, 0.3) is 28.0 Å². The lowest BCUT2D eigenvalue weighted by Gasteiger charge is -2.08. The number of aromatic nitrogens is 4. The molecule has 0 bridgehead atoms. The highest BCUT2D eigenvalue weighted by molar-refractivity contribution is 5.90. The van der Waals surface area contributed by atoms with Crippen molar-refractivity contribution in [1.29, 1.82) is 0 Å². The van der Waals surface area contributed by atoms with Crippen molar-refractivity contribution in [2.75, 3.05) is 6.61 Å². The summed E-state index contributed by atoms with van der Waals surface area (Å²) in [6.07, 6.45) is 2.92. The number of ether oxygens (including phenoxy) is 2. The zero-order valence-electron chi connectivity index (χ0n) is 19.4. The van der Waals surface area contributed by atoms with Gasteiger partial charge in [0, 0.05) is 11.6 Å². The zero-order valence-corrected chi connectivity index (χ0v) is 19.4. The van der Waals surface area contributed by atoms with E-state index in [-0.39, 0.29) is 30.4 Å². The van der Waals surface area contributed by atoms with Crippen molar-refractivity contribution in [2.45, 2.75) is 6.61 Å². The predicted molar refractivity (Wildman–Crippen MR) is 134 cm³/mol. The third kappa shape index (κ3) is 5.08. The number of aromatic hydroxyl groups is 1. The fourth-order valence-electron chi connectivity index (χ4n) is 3.56. The summed E-state index contributed by atoms with van der Waals surface area (Å²) in [5.74, 6) is 0.626. The number of hydrogen-bond acceptors (Lipinski definition) is 9. The van der Waals surface area contributed by atoms with Crippen LogP contribution in [0, 0.1) is 0 Å². The van der Waals surface area contributed by atoms with Crippen molar-refractivity contribution in [3.8, 4) is 28.6 Å². The quantitative estimate of drug-likeness (QED) is 0.250. The van der Waals surface area contributed by atoms with Crippen LogP contribution in [0.5, 0.6) is 11.5 Å². The highest BCUT2D eigenvalue weighted by atomic mass is 16.5. The van der Waals surface area contributed by atoms with Gasteiger partial charge in [-0.25, -0.2) is 9.78 Å². The minimum atomic E-state index is -0.482. The number of phenols is 1. The summed E-state index contributed by atoms with van der Waals surface area (Å²) in [5.41, 5.74) is 1.71. The smallest absolute Gasteiger partial charge is 0.338 e. The van der Waals surface area contributed by atoms with Gasteiger partial charge in [-0.3, -0.25) is 9.36 Å². The molecule has 0 amide bonds. The maximum Gasteiger partial charge on any atom is 0.338 e. The Labute approximate surface area is 210 Å². The van der Waals surface area contributed by atoms with Crippen LogP contribution < -0.4 is 10.3 Å². The van der Waals surface area contributed by atoms with E-state index in [0.717, 1.165) is 0 Å². The standard InChI is InChI=1S/C27H20N4O6/c1-2-12-35-27(34)18-5-3-4-17(13-18)25-29-24(30-37-25)15-36-21-10-11-22-23(14-21)28-16-31(26(22)33)19-6-8-20(32)9-7-19/h2-11,13-14,16,32H,1,12,15H2. The maximum atomic E-state index is 12.9. The number of phenolic OH excluding ortho intramolecular Hbond substituents is 1. The van der Waals surface area contributed by atoms with E-state index in [9.17, 15) is 14.7 Å². The Morgan fingerprint density at radius 3 is 2.76 bits per heavy atom. The second kappa shape index (κ2) is 10.2. The van der Waals surface area contributed by atoms with E-state index < -0.39 is 5.97 Å². The monoisotopic (exact) mass is 496 g/mol. The zero-order chi connectivity index (χ0) is 25.8. The van der Waals surface area contributed by atoms with Crippen molar-refractivity contribution in [2.24, 2.45) is 0 Å². The summed E-state index contributed by atoms with van der Waals surface area (Å²) in [7, 11) is 0. The Bertz CT molecular complexity index is 1660. The van der Waals surface area contributed by atoms with Crippen molar-refractivity contribution in [1.82, 2.24) is 19.7 Å². The maximum absolute atomic E-state index is 12.9. The number of benzene rings is 3. The molecule has 10 nitrogen and oxygen atoms in total. The van der Waals surface area contributed by atoms with Crippen molar-refractivity contribution >= 4 is 16.9 Å². The molecule has 0 aliphatic carbocycles. The molecule has 5 rings (SSSR count). The van der Waals surface area contributed by atoms with Crippen LogP contribution >= 0.6 is 0 Å². The minimum Gasteiger partial charge on any atom is -0.508 e. The summed E-state index contributed by atoms with van der Waals surface area (Å²) in [4.78, 5) is 33.7. The van der Waals surface area contributed by atoms with Crippen LogP contribution in [0.15, 0.2) is 95.0 Å². The van der Waals surface area contributed by atoms with Crippen LogP contribution in [-0.4, -0.2) is 37.4 Å². The van der Waals surface area contributed by atoms with Gasteiger partial charge in [0.1, 0.15) is 24.4 Å². The fourth-order valence-corrected chi connectivity index (χ4v) is 3.56. The van der Waals surface area contributed by atoms with Crippen LogP contribution in [0.2, 0.25) is 0 Å². The molecule has 2 heterocycles. The first-order chi connectivity index (χ1) is 18.0. The van der Waals surface area contributed by atoms with Gasteiger partial charge in [0.15, 0.2) is 6.61 Å². The highest BCUT2D eigenvalue weighted by Gasteiger charge is 2.14. The molecule has 184 valence electrons. The molecule has 37 heavy (non-hydrogen) atoms. The average molecular weight is 496 g/mol. The summed E-state index contributed by atoms with van der Waals surface area (Å²) >= 11 is 0. The molecule has 3 aromatic carbocycles. The third-order valence-electron chi connectivity index (χ3n) is 5.37. The molecule has 0 atom stereocenters. The van der Waals surface area contributed by atoms with Crippen molar-refractivity contribution < 1.29 is 23.9 Å². The van der Waals surface area contributed by atoms with Gasteiger partial charge in [-0.05, 0) is 54.6 Å². The van der Waals surface area contributed by atoms with Gasteiger partial charge in [0.25, 0.3) is 11.4 Å². The molecule has 0 unspecified atom stereocenters. The Morgan fingerprint density at radius 1 is 1.11 bits per heavy atom. The van der Waals surface area contributed by atoms with Crippen LogP contribution in [0.1, 0.15) is 16.2 Å². The Hall–Kier alpha value is -5.25. The van der Waals surface area contributed by atoms with E-state index in [1.807, 2.05) is 0 Å². The fraction of sp³-hybridized carbons (Fsp3) is 0.0741. The lowest BCUT2D eigenvalue weighted by molar-refractivity contribution is 0.0550. The minimum absolute atomic E-state index is 0.0145. The summed E-state index contributed by atoms with van der Waals surface area (Å²) in [5, 5.41) is 13.8. The number of carbonyl (C=O) groups is 1. The van der Waals surface area contributed by atoms with Gasteiger partial charge in [0.05, 0.1) is 22.2 Å². The van der Waals surface area contributed by atoms with Gasteiger partial charge in [-0.1, -0.05) is 23.9 Å². The molecule has 0 saturated heterocycles. The summed E-state index contributed by atoms with van der Waals surface area (Å²) < 4.78 is 17.6. The van der Waals surface area contributed by atoms with Gasteiger partial charge in [0.2, 0.25) is 5.82 Å². The van der Waals surface area contributed by atoms with E-state index in [0.29, 0.717) is 39.3 Å². The molecule has 10 heteroatoms. The molecule has 2 aromatic heterocycles. The van der Waals surface area contributed by atoms with E-state index in [2.05, 4.69) is 21.7 Å². The lowest BCUT2D eigenvalue weighted by Crippen LogP contribution is -2.18. The molecule has 0 aliphatic heterocycles. The molecule has 0 radical (unpaired) electrons. The van der Waals surface area contributed by atoms with Gasteiger partial charge >= 0.3 is 5.97 Å². The average Bonchev–Trinajstić information content (AvgIpc) is 3.41. The van der Waals surface area contributed by atoms with E-state index in [1.165, 1.54) is 29.1 Å². The molecule has 5 aromatic rings. The first-order valence-corrected chi connectivity index (χ1v) is 11.2. The Balaban J connectivity index is 1.29. The van der Waals surface area contributed by atoms with Gasteiger partial charge < -0.3 is 19.1 Å². The molecule has 1 N–H and O–H groups in total. The largest absolute Gasteiger partial charge is 0.508 e. The number of esters is 1. The predicted octanol–water partition coefficient (Wildman–Crippen LogP) is 4.06. The number of nitrogens with zero attached hydrogens (tertiary/aromatic N) is 4. The van der Waals surface area contributed by atoms with E-state index in [4.69, 9.17) is 14.0 Å². The third-order valence-corrected chi connectivity index (χ3v) is 5.37. The summed E-state index contributed by atoms with van der Waals surface area (Å²) in [6, 6.07) is 17.9. The first-order valence-electron chi connectivity index (χ1n) is 11.2. The Morgan fingerprint density at radius 2 is 1.95 bits per heavy atom. The second-order valence-electron chi connectivity index (χ2n) is 7.89. The lowest BCUT2D eigenvalue weighted by atomic mass is 10.1. The number of fused-ring (bicyclic) bond motifs is 1. The SMILES string of the molecule is C=CCOC(=O)c1cccc(-c2nc(COc3ccc4c(=O)n(-c5ccc(O)cc5)cnc4c3)no2)c1. The molecule has 0 aliphatic rings. The van der Waals surface area contributed by atoms with Gasteiger partial charge in [-0.2, -0.15) is 4.98 Å². The Kier molecular flexibility index (Phi) is 6.45. The van der Waals surface area contributed by atoms with Crippen LogP contribution in [-0.2, 0) is 11.3 Å². The van der Waals surface area contributed by atoms with Crippen LogP contribution in [0.4, 0.5) is 0 Å².